The van der Waals surface area contributed by atoms with E-state index in [0.29, 0.717) is 19.0 Å². The summed E-state index contributed by atoms with van der Waals surface area (Å²) in [5.74, 6) is 0.706. The first-order chi connectivity index (χ1) is 8.58. The third kappa shape index (κ3) is 2.97. The summed E-state index contributed by atoms with van der Waals surface area (Å²) < 4.78 is 0.858. The van der Waals surface area contributed by atoms with Crippen LogP contribution in [0, 0.1) is 0 Å². The molecule has 1 aliphatic rings. The fraction of sp³-hybridized carbons (Fsp3) is 0.545. The van der Waals surface area contributed by atoms with E-state index >= 15 is 0 Å². The molecule has 2 heterocycles. The molecule has 1 aromatic rings. The first-order valence-corrected chi connectivity index (χ1v) is 6.64. The zero-order valence-electron chi connectivity index (χ0n) is 10.2. The Morgan fingerprint density at radius 2 is 1.89 bits per heavy atom. The Kier molecular flexibility index (Phi) is 4.13. The van der Waals surface area contributed by atoms with Crippen molar-refractivity contribution in [3.05, 3.63) is 16.9 Å². The first-order valence-electron chi connectivity index (χ1n) is 5.85. The lowest BCUT2D eigenvalue weighted by Crippen LogP contribution is -2.52. The Hall–Kier alpha value is -1.21. The number of carbonyl (C=O) groups is 1. The maximum atomic E-state index is 11.7. The summed E-state index contributed by atoms with van der Waals surface area (Å²) in [6.07, 6.45) is 3.45. The molecule has 0 saturated carbocycles. The lowest BCUT2D eigenvalue weighted by molar-refractivity contribution is -0.132. The Morgan fingerprint density at radius 1 is 1.33 bits per heavy atom. The molecule has 2 rings (SSSR count). The van der Waals surface area contributed by atoms with Gasteiger partial charge in [0.25, 0.3) is 0 Å². The predicted molar refractivity (Wildman–Crippen MR) is 72.2 cm³/mol. The maximum Gasteiger partial charge on any atom is 0.239 e. The first kappa shape index (κ1) is 13.2. The molecule has 1 amide bonds. The van der Waals surface area contributed by atoms with Crippen molar-refractivity contribution in [2.45, 2.75) is 13.0 Å². The van der Waals surface area contributed by atoms with Gasteiger partial charge in [0.2, 0.25) is 11.9 Å². The van der Waals surface area contributed by atoms with Crippen molar-refractivity contribution >= 4 is 27.8 Å². The van der Waals surface area contributed by atoms with Gasteiger partial charge in [0, 0.05) is 38.6 Å². The molecule has 1 aromatic heterocycles. The van der Waals surface area contributed by atoms with E-state index in [4.69, 9.17) is 5.73 Å². The second-order valence-corrected chi connectivity index (χ2v) is 5.22. The zero-order chi connectivity index (χ0) is 13.1. The molecule has 1 unspecified atom stereocenters. The predicted octanol–water partition coefficient (Wildman–Crippen LogP) is 0.235. The van der Waals surface area contributed by atoms with Crippen molar-refractivity contribution in [2.75, 3.05) is 31.1 Å². The number of hydrogen-bond donors (Lipinski definition) is 1. The molecule has 0 aromatic carbocycles. The summed E-state index contributed by atoms with van der Waals surface area (Å²) in [6.45, 7) is 4.52. The Morgan fingerprint density at radius 3 is 2.39 bits per heavy atom. The standard InChI is InChI=1S/C11H16BrN5O/c1-8(13)10(18)16-2-4-17(5-3-16)11-14-6-9(12)7-15-11/h6-8H,2-5,13H2,1H3. The van der Waals surface area contributed by atoms with Gasteiger partial charge in [-0.3, -0.25) is 4.79 Å². The third-order valence-corrected chi connectivity index (χ3v) is 3.28. The number of halogens is 1. The van der Waals surface area contributed by atoms with Gasteiger partial charge in [-0.1, -0.05) is 0 Å². The number of aromatic nitrogens is 2. The second kappa shape index (κ2) is 5.62. The Bertz CT molecular complexity index is 414. The van der Waals surface area contributed by atoms with Crippen LogP contribution in [-0.2, 0) is 4.79 Å². The van der Waals surface area contributed by atoms with Gasteiger partial charge in [0.05, 0.1) is 10.5 Å². The molecule has 0 aliphatic carbocycles. The molecular formula is C11H16BrN5O. The zero-order valence-corrected chi connectivity index (χ0v) is 11.8. The molecule has 6 nitrogen and oxygen atoms in total. The van der Waals surface area contributed by atoms with Gasteiger partial charge in [-0.2, -0.15) is 0 Å². The minimum atomic E-state index is -0.430. The molecule has 1 atom stereocenters. The summed E-state index contributed by atoms with van der Waals surface area (Å²) in [7, 11) is 0. The Labute approximate surface area is 114 Å². The lowest BCUT2D eigenvalue weighted by Gasteiger charge is -2.35. The van der Waals surface area contributed by atoms with Gasteiger partial charge in [-0.25, -0.2) is 9.97 Å². The number of amides is 1. The van der Waals surface area contributed by atoms with Crippen LogP contribution >= 0.6 is 15.9 Å². The second-order valence-electron chi connectivity index (χ2n) is 4.30. The fourth-order valence-corrected chi connectivity index (χ4v) is 2.09. The number of nitrogens with two attached hydrogens (primary N) is 1. The molecule has 1 saturated heterocycles. The highest BCUT2D eigenvalue weighted by atomic mass is 79.9. The summed E-state index contributed by atoms with van der Waals surface area (Å²) >= 11 is 3.30. The van der Waals surface area contributed by atoms with Crippen molar-refractivity contribution in [1.82, 2.24) is 14.9 Å². The summed E-state index contributed by atoms with van der Waals surface area (Å²) in [5.41, 5.74) is 5.59. The molecule has 0 spiro atoms. The van der Waals surface area contributed by atoms with Crippen molar-refractivity contribution < 1.29 is 4.79 Å². The SMILES string of the molecule is CC(N)C(=O)N1CCN(c2ncc(Br)cn2)CC1. The maximum absolute atomic E-state index is 11.7. The molecule has 2 N–H and O–H groups in total. The van der Waals surface area contributed by atoms with Crippen LogP contribution in [0.5, 0.6) is 0 Å². The van der Waals surface area contributed by atoms with E-state index in [0.717, 1.165) is 17.6 Å². The van der Waals surface area contributed by atoms with E-state index in [1.54, 1.807) is 24.2 Å². The van der Waals surface area contributed by atoms with E-state index in [2.05, 4.69) is 30.8 Å². The topological polar surface area (TPSA) is 75.4 Å². The van der Waals surface area contributed by atoms with Crippen molar-refractivity contribution in [2.24, 2.45) is 5.73 Å². The molecular weight excluding hydrogens is 298 g/mol. The van der Waals surface area contributed by atoms with Gasteiger partial charge in [-0.15, -0.1) is 0 Å². The lowest BCUT2D eigenvalue weighted by atomic mass is 10.2. The summed E-state index contributed by atoms with van der Waals surface area (Å²) in [5, 5.41) is 0. The van der Waals surface area contributed by atoms with Crippen LogP contribution in [0.1, 0.15) is 6.92 Å². The molecule has 7 heteroatoms. The average molecular weight is 314 g/mol. The molecule has 0 bridgehead atoms. The number of rotatable bonds is 2. The van der Waals surface area contributed by atoms with E-state index in [1.165, 1.54) is 0 Å². The number of hydrogen-bond acceptors (Lipinski definition) is 5. The van der Waals surface area contributed by atoms with Gasteiger partial charge in [0.1, 0.15) is 0 Å². The van der Waals surface area contributed by atoms with E-state index in [-0.39, 0.29) is 5.91 Å². The largest absolute Gasteiger partial charge is 0.338 e. The third-order valence-electron chi connectivity index (χ3n) is 2.87. The van der Waals surface area contributed by atoms with Crippen molar-refractivity contribution in [3.63, 3.8) is 0 Å². The van der Waals surface area contributed by atoms with Crippen LogP contribution in [0.4, 0.5) is 5.95 Å². The summed E-state index contributed by atoms with van der Waals surface area (Å²) in [4.78, 5) is 24.1. The van der Waals surface area contributed by atoms with Crippen LogP contribution < -0.4 is 10.6 Å². The van der Waals surface area contributed by atoms with Crippen LogP contribution in [0.3, 0.4) is 0 Å². The highest BCUT2D eigenvalue weighted by Gasteiger charge is 2.24. The molecule has 0 radical (unpaired) electrons. The minimum absolute atomic E-state index is 0.00590. The highest BCUT2D eigenvalue weighted by Crippen LogP contribution is 2.13. The quantitative estimate of drug-likeness (QED) is 0.846. The van der Waals surface area contributed by atoms with Crippen molar-refractivity contribution in [3.8, 4) is 0 Å². The fourth-order valence-electron chi connectivity index (χ4n) is 1.88. The Balaban J connectivity index is 1.94. The van der Waals surface area contributed by atoms with Crippen LogP contribution in [-0.4, -0.2) is 53.0 Å². The number of carbonyl (C=O) groups excluding carboxylic acids is 1. The van der Waals surface area contributed by atoms with E-state index < -0.39 is 6.04 Å². The molecule has 1 aliphatic heterocycles. The number of nitrogens with zero attached hydrogens (tertiary/aromatic N) is 4. The monoisotopic (exact) mass is 313 g/mol. The highest BCUT2D eigenvalue weighted by molar-refractivity contribution is 9.10. The van der Waals surface area contributed by atoms with E-state index in [9.17, 15) is 4.79 Å². The normalized spacial score (nSPS) is 17.7. The molecule has 98 valence electrons. The minimum Gasteiger partial charge on any atom is -0.338 e. The number of anilines is 1. The van der Waals surface area contributed by atoms with E-state index in [1.807, 2.05) is 0 Å². The molecule has 18 heavy (non-hydrogen) atoms. The van der Waals surface area contributed by atoms with Gasteiger partial charge in [0.15, 0.2) is 0 Å². The van der Waals surface area contributed by atoms with Gasteiger partial charge < -0.3 is 15.5 Å². The van der Waals surface area contributed by atoms with Crippen LogP contribution in [0.25, 0.3) is 0 Å². The average Bonchev–Trinajstić information content (AvgIpc) is 2.39. The number of piperazine rings is 1. The van der Waals surface area contributed by atoms with Crippen LogP contribution in [0.15, 0.2) is 16.9 Å². The summed E-state index contributed by atoms with van der Waals surface area (Å²) in [6, 6.07) is -0.430. The smallest absolute Gasteiger partial charge is 0.239 e. The molecule has 1 fully saturated rings. The van der Waals surface area contributed by atoms with Gasteiger partial charge >= 0.3 is 0 Å². The van der Waals surface area contributed by atoms with Crippen molar-refractivity contribution in [1.29, 1.82) is 0 Å². The van der Waals surface area contributed by atoms with Gasteiger partial charge in [-0.05, 0) is 22.9 Å². The van der Waals surface area contributed by atoms with Crippen LogP contribution in [0.2, 0.25) is 0 Å².